The number of anilines is 2. The molecule has 0 saturated carbocycles. The van der Waals surface area contributed by atoms with Crippen molar-refractivity contribution in [3.8, 4) is 5.75 Å². The molecule has 1 aromatic carbocycles. The zero-order valence-corrected chi connectivity index (χ0v) is 18.0. The monoisotopic (exact) mass is 434 g/mol. The van der Waals surface area contributed by atoms with E-state index in [0.717, 1.165) is 12.2 Å². The zero-order chi connectivity index (χ0) is 22.3. The number of furan rings is 1. The number of piperazine rings is 1. The summed E-state index contributed by atoms with van der Waals surface area (Å²) in [6.07, 6.45) is 4.09. The van der Waals surface area contributed by atoms with Gasteiger partial charge in [0.1, 0.15) is 11.6 Å². The number of nitrogens with zero attached hydrogens (tertiary/aromatic N) is 3. The molecule has 1 saturated heterocycles. The van der Waals surface area contributed by atoms with Crippen molar-refractivity contribution in [1.29, 1.82) is 0 Å². The summed E-state index contributed by atoms with van der Waals surface area (Å²) in [5, 5.41) is 2.79. The van der Waals surface area contributed by atoms with E-state index in [4.69, 9.17) is 9.15 Å². The maximum absolute atomic E-state index is 12.4. The van der Waals surface area contributed by atoms with Crippen LogP contribution in [0.25, 0.3) is 0 Å². The van der Waals surface area contributed by atoms with Gasteiger partial charge >= 0.3 is 0 Å². The highest BCUT2D eigenvalue weighted by Crippen LogP contribution is 2.18. The van der Waals surface area contributed by atoms with Crippen molar-refractivity contribution in [1.82, 2.24) is 9.88 Å². The lowest BCUT2D eigenvalue weighted by Crippen LogP contribution is -2.49. The fraction of sp³-hybridized carbons (Fsp3) is 0.292. The molecule has 4 rings (SSSR count). The highest BCUT2D eigenvalue weighted by Gasteiger charge is 2.24. The number of amides is 2. The molecule has 1 aliphatic rings. The molecule has 8 nitrogen and oxygen atoms in total. The van der Waals surface area contributed by atoms with Crippen LogP contribution in [0, 0.1) is 0 Å². The third kappa shape index (κ3) is 5.26. The number of ether oxygens (including phenoxy) is 1. The van der Waals surface area contributed by atoms with Crippen molar-refractivity contribution < 1.29 is 18.7 Å². The molecule has 1 aliphatic heterocycles. The third-order valence-electron chi connectivity index (χ3n) is 5.36. The van der Waals surface area contributed by atoms with Crippen LogP contribution >= 0.6 is 0 Å². The third-order valence-corrected chi connectivity index (χ3v) is 5.36. The number of hydrogen-bond donors (Lipinski definition) is 1. The van der Waals surface area contributed by atoms with E-state index in [0.29, 0.717) is 43.4 Å². The number of hydrogen-bond acceptors (Lipinski definition) is 6. The Balaban J connectivity index is 1.24. The maximum atomic E-state index is 12.4. The van der Waals surface area contributed by atoms with Crippen LogP contribution in [-0.4, -0.2) is 54.5 Å². The minimum absolute atomic E-state index is 0.0706. The van der Waals surface area contributed by atoms with Gasteiger partial charge in [0.05, 0.1) is 18.1 Å². The first-order chi connectivity index (χ1) is 15.6. The van der Waals surface area contributed by atoms with Crippen molar-refractivity contribution >= 4 is 23.3 Å². The van der Waals surface area contributed by atoms with Crippen molar-refractivity contribution in [2.45, 2.75) is 13.3 Å². The maximum Gasteiger partial charge on any atom is 0.289 e. The largest absolute Gasteiger partial charge is 0.484 e. The summed E-state index contributed by atoms with van der Waals surface area (Å²) in [5.74, 6) is 1.49. The zero-order valence-electron chi connectivity index (χ0n) is 18.0. The number of carbonyl (C=O) groups excluding carboxylic acids is 2. The highest BCUT2D eigenvalue weighted by atomic mass is 16.5. The molecule has 2 amide bonds. The number of benzene rings is 1. The van der Waals surface area contributed by atoms with E-state index in [1.54, 1.807) is 23.2 Å². The topological polar surface area (TPSA) is 87.9 Å². The number of aromatic nitrogens is 1. The molecule has 3 heterocycles. The molecule has 0 bridgehead atoms. The van der Waals surface area contributed by atoms with Crippen LogP contribution in [-0.2, 0) is 11.2 Å². The minimum atomic E-state index is -0.246. The van der Waals surface area contributed by atoms with E-state index in [2.05, 4.69) is 22.1 Å². The minimum Gasteiger partial charge on any atom is -0.484 e. The second kappa shape index (κ2) is 10.00. The molecule has 0 unspecified atom stereocenters. The van der Waals surface area contributed by atoms with E-state index in [1.165, 1.54) is 11.8 Å². The summed E-state index contributed by atoms with van der Waals surface area (Å²) in [6.45, 7) is 4.56. The van der Waals surface area contributed by atoms with Gasteiger partial charge in [-0.2, -0.15) is 0 Å². The van der Waals surface area contributed by atoms with Crippen LogP contribution in [0.5, 0.6) is 5.75 Å². The summed E-state index contributed by atoms with van der Waals surface area (Å²) in [7, 11) is 0. The molecule has 0 radical (unpaired) electrons. The van der Waals surface area contributed by atoms with Gasteiger partial charge in [-0.25, -0.2) is 4.98 Å². The summed E-state index contributed by atoms with van der Waals surface area (Å²) in [6, 6.07) is 14.8. The average molecular weight is 434 g/mol. The molecule has 1 N–H and O–H groups in total. The van der Waals surface area contributed by atoms with Crippen molar-refractivity contribution in [3.05, 3.63) is 72.3 Å². The Morgan fingerprint density at radius 3 is 2.47 bits per heavy atom. The lowest BCUT2D eigenvalue weighted by Gasteiger charge is -2.35. The summed E-state index contributed by atoms with van der Waals surface area (Å²) < 4.78 is 10.7. The quantitative estimate of drug-likeness (QED) is 0.614. The fourth-order valence-corrected chi connectivity index (χ4v) is 3.51. The van der Waals surface area contributed by atoms with Gasteiger partial charge in [0, 0.05) is 26.2 Å². The molecule has 0 spiro atoms. The standard InChI is InChI=1S/C24H26N4O4/c1-2-18-5-8-20(9-6-18)32-17-23(29)26-19-7-10-22(25-16-19)27-11-13-28(14-12-27)24(30)21-4-3-15-31-21/h3-10,15-16H,2,11-14,17H2,1H3,(H,26,29). The van der Waals surface area contributed by atoms with Crippen LogP contribution in [0.3, 0.4) is 0 Å². The van der Waals surface area contributed by atoms with Crippen molar-refractivity contribution in [3.63, 3.8) is 0 Å². The van der Waals surface area contributed by atoms with Gasteiger partial charge in [0.15, 0.2) is 12.4 Å². The first-order valence-corrected chi connectivity index (χ1v) is 10.7. The lowest BCUT2D eigenvalue weighted by atomic mass is 10.2. The van der Waals surface area contributed by atoms with E-state index < -0.39 is 0 Å². The summed E-state index contributed by atoms with van der Waals surface area (Å²) in [5.41, 5.74) is 1.83. The van der Waals surface area contributed by atoms with Gasteiger partial charge in [-0.3, -0.25) is 9.59 Å². The van der Waals surface area contributed by atoms with E-state index in [1.807, 2.05) is 36.4 Å². The second-order valence-electron chi connectivity index (χ2n) is 7.50. The van der Waals surface area contributed by atoms with Crippen molar-refractivity contribution in [2.24, 2.45) is 0 Å². The number of nitrogens with one attached hydrogen (secondary N) is 1. The first kappa shape index (κ1) is 21.4. The molecular formula is C24H26N4O4. The SMILES string of the molecule is CCc1ccc(OCC(=O)Nc2ccc(N3CCN(C(=O)c4ccco4)CC3)nc2)cc1. The Kier molecular flexibility index (Phi) is 6.69. The average Bonchev–Trinajstić information content (AvgIpc) is 3.38. The van der Waals surface area contributed by atoms with Crippen molar-refractivity contribution in [2.75, 3.05) is 43.0 Å². The molecule has 3 aromatic rings. The highest BCUT2D eigenvalue weighted by molar-refractivity contribution is 5.92. The molecule has 0 atom stereocenters. The van der Waals surface area contributed by atoms with Crippen LogP contribution in [0.15, 0.2) is 65.4 Å². The number of carbonyl (C=O) groups is 2. The first-order valence-electron chi connectivity index (χ1n) is 10.7. The van der Waals surface area contributed by atoms with E-state index >= 15 is 0 Å². The number of rotatable bonds is 7. The number of aryl methyl sites for hydroxylation is 1. The Bertz CT molecular complexity index is 1020. The van der Waals surface area contributed by atoms with Gasteiger partial charge in [-0.05, 0) is 48.4 Å². The molecular weight excluding hydrogens is 408 g/mol. The molecule has 8 heteroatoms. The van der Waals surface area contributed by atoms with Gasteiger partial charge in [0.2, 0.25) is 0 Å². The lowest BCUT2D eigenvalue weighted by molar-refractivity contribution is -0.118. The normalized spacial score (nSPS) is 13.7. The van der Waals surface area contributed by atoms with Gasteiger partial charge in [-0.1, -0.05) is 19.1 Å². The molecule has 2 aromatic heterocycles. The second-order valence-corrected chi connectivity index (χ2v) is 7.50. The predicted molar refractivity (Wildman–Crippen MR) is 121 cm³/mol. The Morgan fingerprint density at radius 1 is 1.06 bits per heavy atom. The molecule has 166 valence electrons. The molecule has 0 aliphatic carbocycles. The van der Waals surface area contributed by atoms with Gasteiger partial charge in [0.25, 0.3) is 11.8 Å². The summed E-state index contributed by atoms with van der Waals surface area (Å²) >= 11 is 0. The van der Waals surface area contributed by atoms with Gasteiger partial charge in [-0.15, -0.1) is 0 Å². The fourth-order valence-electron chi connectivity index (χ4n) is 3.51. The van der Waals surface area contributed by atoms with Crippen LogP contribution in [0.2, 0.25) is 0 Å². The van der Waals surface area contributed by atoms with Gasteiger partial charge < -0.3 is 24.3 Å². The molecule has 1 fully saturated rings. The Labute approximate surface area is 186 Å². The van der Waals surface area contributed by atoms with Crippen LogP contribution in [0.1, 0.15) is 23.0 Å². The Hall–Kier alpha value is -3.81. The van der Waals surface area contributed by atoms with E-state index in [-0.39, 0.29) is 18.4 Å². The predicted octanol–water partition coefficient (Wildman–Crippen LogP) is 3.22. The summed E-state index contributed by atoms with van der Waals surface area (Å²) in [4.78, 5) is 32.9. The van der Waals surface area contributed by atoms with Crippen LogP contribution < -0.4 is 15.0 Å². The number of pyridine rings is 1. The van der Waals surface area contributed by atoms with Crippen LogP contribution in [0.4, 0.5) is 11.5 Å². The Morgan fingerprint density at radius 2 is 1.84 bits per heavy atom. The molecule has 32 heavy (non-hydrogen) atoms. The smallest absolute Gasteiger partial charge is 0.289 e. The van der Waals surface area contributed by atoms with E-state index in [9.17, 15) is 9.59 Å².